The lowest BCUT2D eigenvalue weighted by Gasteiger charge is -2.22. The average Bonchev–Trinajstić information content (AvgIpc) is 2.49. The van der Waals surface area contributed by atoms with Crippen LogP contribution >= 0.6 is 0 Å². The van der Waals surface area contributed by atoms with Crippen LogP contribution in [0.2, 0.25) is 0 Å². The van der Waals surface area contributed by atoms with Crippen LogP contribution < -0.4 is 0 Å². The number of fused-ring (bicyclic) bond motifs is 3. The molecular formula is C18H14O3. The lowest BCUT2D eigenvalue weighted by atomic mass is 9.77. The number of allylic oxidation sites excluding steroid dienone is 1. The fourth-order valence-electron chi connectivity index (χ4n) is 2.96. The van der Waals surface area contributed by atoms with Crippen molar-refractivity contribution in [2.24, 2.45) is 5.92 Å². The Bertz CT molecular complexity index is 815. The summed E-state index contributed by atoms with van der Waals surface area (Å²) < 4.78 is 0. The fourth-order valence-corrected chi connectivity index (χ4v) is 2.96. The molecule has 21 heavy (non-hydrogen) atoms. The van der Waals surface area contributed by atoms with E-state index in [0.29, 0.717) is 10.9 Å². The number of carbonyl (C=O) groups excluding carboxylic acids is 3. The van der Waals surface area contributed by atoms with Crippen molar-refractivity contribution in [1.29, 1.82) is 0 Å². The van der Waals surface area contributed by atoms with Crippen LogP contribution in [0.4, 0.5) is 0 Å². The first-order valence-corrected chi connectivity index (χ1v) is 6.82. The summed E-state index contributed by atoms with van der Waals surface area (Å²) in [6, 6.07) is 9.08. The van der Waals surface area contributed by atoms with Gasteiger partial charge in [0.1, 0.15) is 0 Å². The minimum atomic E-state index is -0.914. The molecule has 0 aliphatic heterocycles. The van der Waals surface area contributed by atoms with Crippen molar-refractivity contribution in [2.45, 2.75) is 13.3 Å². The van der Waals surface area contributed by atoms with E-state index in [4.69, 9.17) is 0 Å². The second-order valence-electron chi connectivity index (χ2n) is 5.30. The van der Waals surface area contributed by atoms with Crippen LogP contribution in [0.1, 0.15) is 32.7 Å². The number of hydrogen-bond acceptors (Lipinski definition) is 3. The first-order chi connectivity index (χ1) is 10.1. The minimum absolute atomic E-state index is 0.203. The van der Waals surface area contributed by atoms with Crippen molar-refractivity contribution >= 4 is 28.1 Å². The predicted octanol–water partition coefficient (Wildman–Crippen LogP) is 3.29. The Morgan fingerprint density at radius 1 is 1.10 bits per heavy atom. The number of hydrogen-bond donors (Lipinski definition) is 0. The highest BCUT2D eigenvalue weighted by atomic mass is 16.2. The van der Waals surface area contributed by atoms with E-state index in [1.807, 2.05) is 19.1 Å². The molecular weight excluding hydrogens is 264 g/mol. The highest BCUT2D eigenvalue weighted by Crippen LogP contribution is 2.33. The summed E-state index contributed by atoms with van der Waals surface area (Å²) in [6.07, 6.45) is 1.71. The molecule has 0 heterocycles. The monoisotopic (exact) mass is 278 g/mol. The largest absolute Gasteiger partial charge is 0.293 e. The van der Waals surface area contributed by atoms with Gasteiger partial charge in [0.25, 0.3) is 0 Å². The van der Waals surface area contributed by atoms with Gasteiger partial charge in [0, 0.05) is 11.1 Å². The van der Waals surface area contributed by atoms with Gasteiger partial charge in [-0.3, -0.25) is 14.4 Å². The van der Waals surface area contributed by atoms with Crippen LogP contribution in [0.15, 0.2) is 43.0 Å². The Labute approximate surface area is 122 Å². The van der Waals surface area contributed by atoms with Gasteiger partial charge in [-0.1, -0.05) is 30.3 Å². The number of carbonyl (C=O) groups is 3. The Hall–Kier alpha value is -2.55. The van der Waals surface area contributed by atoms with Gasteiger partial charge in [0.05, 0.1) is 5.92 Å². The van der Waals surface area contributed by atoms with E-state index >= 15 is 0 Å². The van der Waals surface area contributed by atoms with Crippen molar-refractivity contribution in [2.75, 3.05) is 0 Å². The van der Waals surface area contributed by atoms with Crippen LogP contribution in [-0.4, -0.2) is 17.3 Å². The molecule has 1 aliphatic carbocycles. The third kappa shape index (κ3) is 1.85. The van der Waals surface area contributed by atoms with Gasteiger partial charge in [0.15, 0.2) is 5.78 Å². The molecule has 1 aliphatic rings. The van der Waals surface area contributed by atoms with E-state index in [-0.39, 0.29) is 17.8 Å². The molecule has 104 valence electrons. The first kappa shape index (κ1) is 13.4. The standard InChI is InChI=1S/C18H14O3/c1-3-6-13-16(19)14-9-10(2)11-7-4-5-8-12(11)15(14)18(21)17(13)20/h3-5,7-9,13H,1,6H2,2H3. The fraction of sp³-hybridized carbons (Fsp3) is 0.167. The smallest absolute Gasteiger partial charge is 0.230 e. The topological polar surface area (TPSA) is 51.2 Å². The number of rotatable bonds is 2. The number of benzene rings is 2. The summed E-state index contributed by atoms with van der Waals surface area (Å²) in [5.74, 6) is -2.37. The molecule has 0 aromatic heterocycles. The second kappa shape index (κ2) is 4.77. The Morgan fingerprint density at radius 2 is 1.76 bits per heavy atom. The third-order valence-electron chi connectivity index (χ3n) is 4.00. The van der Waals surface area contributed by atoms with Crippen LogP contribution in [0.25, 0.3) is 10.8 Å². The van der Waals surface area contributed by atoms with E-state index in [9.17, 15) is 14.4 Å². The summed E-state index contributed by atoms with van der Waals surface area (Å²) >= 11 is 0. The maximum absolute atomic E-state index is 12.5. The lowest BCUT2D eigenvalue weighted by molar-refractivity contribution is -0.117. The van der Waals surface area contributed by atoms with E-state index in [1.54, 1.807) is 18.2 Å². The molecule has 0 bridgehead atoms. The van der Waals surface area contributed by atoms with E-state index < -0.39 is 17.5 Å². The molecule has 0 fully saturated rings. The van der Waals surface area contributed by atoms with Crippen LogP contribution in [0.5, 0.6) is 0 Å². The van der Waals surface area contributed by atoms with E-state index in [2.05, 4.69) is 6.58 Å². The third-order valence-corrected chi connectivity index (χ3v) is 4.00. The van der Waals surface area contributed by atoms with Gasteiger partial charge in [-0.25, -0.2) is 0 Å². The first-order valence-electron chi connectivity index (χ1n) is 6.82. The molecule has 2 aromatic rings. The van der Waals surface area contributed by atoms with E-state index in [0.717, 1.165) is 10.9 Å². The van der Waals surface area contributed by atoms with Gasteiger partial charge in [0.2, 0.25) is 11.6 Å². The summed E-state index contributed by atoms with van der Waals surface area (Å²) in [6.45, 7) is 5.46. The SMILES string of the molecule is C=CCC1C(=O)C(=O)c2c(cc(C)c3ccccc23)C1=O. The molecule has 2 aromatic carbocycles. The van der Waals surface area contributed by atoms with Gasteiger partial charge < -0.3 is 0 Å². The molecule has 0 saturated heterocycles. The highest BCUT2D eigenvalue weighted by molar-refractivity contribution is 6.53. The summed E-state index contributed by atoms with van der Waals surface area (Å²) in [5, 5.41) is 1.57. The quantitative estimate of drug-likeness (QED) is 0.481. The Balaban J connectivity index is 2.36. The second-order valence-corrected chi connectivity index (χ2v) is 5.30. The number of Topliss-reactive ketones (excluding diaryl/α,β-unsaturated/α-hetero) is 3. The number of ketones is 3. The van der Waals surface area contributed by atoms with Crippen molar-refractivity contribution in [3.8, 4) is 0 Å². The predicted molar refractivity (Wildman–Crippen MR) is 80.7 cm³/mol. The summed E-state index contributed by atoms with van der Waals surface area (Å²) in [4.78, 5) is 37.2. The zero-order chi connectivity index (χ0) is 15.1. The Morgan fingerprint density at radius 3 is 2.43 bits per heavy atom. The normalized spacial score (nSPS) is 18.0. The molecule has 0 spiro atoms. The molecule has 3 nitrogen and oxygen atoms in total. The van der Waals surface area contributed by atoms with Crippen molar-refractivity contribution in [3.63, 3.8) is 0 Å². The molecule has 3 heteroatoms. The lowest BCUT2D eigenvalue weighted by Crippen LogP contribution is -2.37. The minimum Gasteiger partial charge on any atom is -0.293 e. The zero-order valence-corrected chi connectivity index (χ0v) is 11.7. The molecule has 0 saturated carbocycles. The molecule has 0 radical (unpaired) electrons. The summed E-state index contributed by atoms with van der Waals surface area (Å²) in [5.41, 5.74) is 1.55. The van der Waals surface area contributed by atoms with Crippen molar-refractivity contribution in [3.05, 3.63) is 59.7 Å². The van der Waals surface area contributed by atoms with Crippen LogP contribution in [-0.2, 0) is 4.79 Å². The average molecular weight is 278 g/mol. The highest BCUT2D eigenvalue weighted by Gasteiger charge is 2.40. The molecule has 3 rings (SSSR count). The molecule has 0 N–H and O–H groups in total. The van der Waals surface area contributed by atoms with Crippen molar-refractivity contribution in [1.82, 2.24) is 0 Å². The van der Waals surface area contributed by atoms with Crippen LogP contribution in [0.3, 0.4) is 0 Å². The zero-order valence-electron chi connectivity index (χ0n) is 11.7. The maximum atomic E-state index is 12.5. The van der Waals surface area contributed by atoms with Gasteiger partial charge in [-0.05, 0) is 35.7 Å². The maximum Gasteiger partial charge on any atom is 0.230 e. The van der Waals surface area contributed by atoms with E-state index in [1.165, 1.54) is 6.08 Å². The molecule has 1 unspecified atom stereocenters. The van der Waals surface area contributed by atoms with Gasteiger partial charge in [-0.15, -0.1) is 6.58 Å². The summed E-state index contributed by atoms with van der Waals surface area (Å²) in [7, 11) is 0. The van der Waals surface area contributed by atoms with Crippen molar-refractivity contribution < 1.29 is 14.4 Å². The van der Waals surface area contributed by atoms with Crippen LogP contribution in [0, 0.1) is 12.8 Å². The van der Waals surface area contributed by atoms with Gasteiger partial charge >= 0.3 is 0 Å². The molecule has 0 amide bonds. The molecule has 1 atom stereocenters. The Kier molecular flexibility index (Phi) is 3.05. The van der Waals surface area contributed by atoms with Gasteiger partial charge in [-0.2, -0.15) is 0 Å². The number of aryl methyl sites for hydroxylation is 1.